The number of carboxylic acid groups (broad SMARTS) is 1. The molecule has 0 radical (unpaired) electrons. The Hall–Kier alpha value is -2.65. The molecule has 1 aromatic rings. The van der Waals surface area contributed by atoms with Gasteiger partial charge in [0, 0.05) is 0 Å². The van der Waals surface area contributed by atoms with Gasteiger partial charge in [-0.1, -0.05) is 6.07 Å². The Kier molecular flexibility index (Phi) is 6.11. The third kappa shape index (κ3) is 6.40. The first-order valence-electron chi connectivity index (χ1n) is 7.12. The number of nitrogens with one attached hydrogen (secondary N) is 1. The number of para-hydroxylation sites is 1. The van der Waals surface area contributed by atoms with E-state index in [0.717, 1.165) is 12.1 Å². The van der Waals surface area contributed by atoms with Crippen LogP contribution in [0.3, 0.4) is 0 Å². The minimum absolute atomic E-state index is 0.309. The number of ether oxygens (including phenoxy) is 2. The normalized spacial score (nSPS) is 13.0. The Morgan fingerprint density at radius 3 is 2.36 bits per heavy atom. The van der Waals surface area contributed by atoms with Crippen molar-refractivity contribution in [3.05, 3.63) is 23.8 Å². The van der Waals surface area contributed by atoms with Gasteiger partial charge in [-0.05, 0) is 32.9 Å². The van der Waals surface area contributed by atoms with Crippen LogP contribution in [0.25, 0.3) is 0 Å². The van der Waals surface area contributed by atoms with E-state index in [-0.39, 0.29) is 5.69 Å². The van der Waals surface area contributed by atoms with Crippen LogP contribution in [0, 0.1) is 0 Å². The maximum Gasteiger partial charge on any atom is 0.420 e. The zero-order valence-electron chi connectivity index (χ0n) is 13.8. The van der Waals surface area contributed by atoms with Crippen molar-refractivity contribution in [2.75, 3.05) is 12.3 Å². The molecule has 0 spiro atoms. The van der Waals surface area contributed by atoms with Crippen LogP contribution < -0.4 is 15.8 Å². The summed E-state index contributed by atoms with van der Waals surface area (Å²) in [5, 5.41) is 11.1. The lowest BCUT2D eigenvalue weighted by Gasteiger charge is -2.22. The van der Waals surface area contributed by atoms with Gasteiger partial charge in [0.2, 0.25) is 0 Å². The second-order valence-electron chi connectivity index (χ2n) is 6.07. The topological polar surface area (TPSA) is 111 Å². The van der Waals surface area contributed by atoms with Crippen molar-refractivity contribution in [1.29, 1.82) is 0 Å². The number of carbonyl (C=O) groups excluding carboxylic acids is 1. The fourth-order valence-electron chi connectivity index (χ4n) is 1.73. The van der Waals surface area contributed by atoms with Crippen molar-refractivity contribution in [2.24, 2.45) is 0 Å². The van der Waals surface area contributed by atoms with Gasteiger partial charge in [-0.25, -0.2) is 9.59 Å². The van der Waals surface area contributed by atoms with Crippen molar-refractivity contribution >= 4 is 17.7 Å². The fraction of sp³-hybridized carbons (Fsp3) is 0.467. The van der Waals surface area contributed by atoms with E-state index in [1.807, 2.05) is 5.32 Å². The molecule has 140 valence electrons. The summed E-state index contributed by atoms with van der Waals surface area (Å²) < 4.78 is 48.7. The van der Waals surface area contributed by atoms with Gasteiger partial charge in [0.05, 0.1) is 11.3 Å². The molecule has 10 heteroatoms. The van der Waals surface area contributed by atoms with Gasteiger partial charge in [0.15, 0.2) is 11.8 Å². The van der Waals surface area contributed by atoms with Crippen molar-refractivity contribution in [1.82, 2.24) is 5.32 Å². The second-order valence-corrected chi connectivity index (χ2v) is 6.07. The number of nitrogens with two attached hydrogens (primary N) is 1. The third-order valence-corrected chi connectivity index (χ3v) is 2.73. The summed E-state index contributed by atoms with van der Waals surface area (Å²) in [5.41, 5.74) is 3.15. The third-order valence-electron chi connectivity index (χ3n) is 2.73. The summed E-state index contributed by atoms with van der Waals surface area (Å²) >= 11 is 0. The van der Waals surface area contributed by atoms with Gasteiger partial charge < -0.3 is 25.6 Å². The number of nitrogen functional groups attached to an aromatic ring is 1. The Morgan fingerprint density at radius 1 is 1.28 bits per heavy atom. The molecule has 0 aliphatic carbocycles. The minimum Gasteiger partial charge on any atom is -0.488 e. The lowest BCUT2D eigenvalue weighted by atomic mass is 10.1. The molecule has 1 atom stereocenters. The molecule has 0 aliphatic rings. The van der Waals surface area contributed by atoms with Gasteiger partial charge in [-0.3, -0.25) is 0 Å². The van der Waals surface area contributed by atoms with Gasteiger partial charge in [0.25, 0.3) is 0 Å². The van der Waals surface area contributed by atoms with Crippen LogP contribution in [0.4, 0.5) is 23.7 Å². The molecule has 0 heterocycles. The lowest BCUT2D eigenvalue weighted by Crippen LogP contribution is -2.46. The molecule has 0 aliphatic heterocycles. The van der Waals surface area contributed by atoms with Crippen LogP contribution >= 0.6 is 0 Å². The van der Waals surface area contributed by atoms with E-state index in [1.165, 1.54) is 6.07 Å². The first-order valence-corrected chi connectivity index (χ1v) is 7.12. The van der Waals surface area contributed by atoms with E-state index in [0.29, 0.717) is 0 Å². The molecule has 4 N–H and O–H groups in total. The number of alkyl carbamates (subject to hydrolysis) is 1. The monoisotopic (exact) mass is 364 g/mol. The predicted molar refractivity (Wildman–Crippen MR) is 82.1 cm³/mol. The van der Waals surface area contributed by atoms with E-state index < -0.39 is 47.8 Å². The number of hydrogen-bond acceptors (Lipinski definition) is 5. The van der Waals surface area contributed by atoms with Crippen molar-refractivity contribution in [3.8, 4) is 5.75 Å². The smallest absolute Gasteiger partial charge is 0.420 e. The Morgan fingerprint density at radius 2 is 1.88 bits per heavy atom. The maximum atomic E-state index is 13.0. The molecule has 1 amide bonds. The van der Waals surface area contributed by atoms with E-state index >= 15 is 0 Å². The molecular formula is C15H19F3N2O5. The van der Waals surface area contributed by atoms with Gasteiger partial charge in [0.1, 0.15) is 12.2 Å². The molecule has 0 aromatic heterocycles. The number of amides is 1. The highest BCUT2D eigenvalue weighted by molar-refractivity contribution is 5.80. The summed E-state index contributed by atoms with van der Waals surface area (Å²) in [7, 11) is 0. The average Bonchev–Trinajstić information content (AvgIpc) is 2.40. The molecule has 7 nitrogen and oxygen atoms in total. The number of alkyl halides is 3. The highest BCUT2D eigenvalue weighted by Crippen LogP contribution is 2.39. The number of hydrogen-bond donors (Lipinski definition) is 3. The number of rotatable bonds is 5. The highest BCUT2D eigenvalue weighted by Gasteiger charge is 2.36. The van der Waals surface area contributed by atoms with E-state index in [1.54, 1.807) is 20.8 Å². The molecule has 1 aromatic carbocycles. The Balaban J connectivity index is 2.90. The first kappa shape index (κ1) is 20.4. The second kappa shape index (κ2) is 7.49. The number of anilines is 1. The quantitative estimate of drug-likeness (QED) is 0.693. The number of benzene rings is 1. The zero-order valence-corrected chi connectivity index (χ0v) is 13.8. The lowest BCUT2D eigenvalue weighted by molar-refractivity contribution is -0.140. The maximum absolute atomic E-state index is 13.0. The van der Waals surface area contributed by atoms with E-state index in [2.05, 4.69) is 0 Å². The van der Waals surface area contributed by atoms with Gasteiger partial charge >= 0.3 is 18.2 Å². The number of carbonyl (C=O) groups is 2. The summed E-state index contributed by atoms with van der Waals surface area (Å²) in [6.07, 6.45) is -5.78. The van der Waals surface area contributed by atoms with Gasteiger partial charge in [-0.15, -0.1) is 0 Å². The van der Waals surface area contributed by atoms with Crippen LogP contribution in [0.15, 0.2) is 18.2 Å². The standard InChI is InChI=1S/C15H19F3N2O5/c1-14(2,3)25-13(23)20-10(12(21)22)7-24-11-8(15(16,17)18)5-4-6-9(11)19/h4-6,10H,7,19H2,1-3H3,(H,20,23)(H,21,22). The zero-order chi connectivity index (χ0) is 19.4. The molecule has 0 saturated heterocycles. The summed E-state index contributed by atoms with van der Waals surface area (Å²) in [6, 6.07) is 1.40. The van der Waals surface area contributed by atoms with Crippen molar-refractivity contribution in [3.63, 3.8) is 0 Å². The molecule has 1 unspecified atom stereocenters. The van der Waals surface area contributed by atoms with Crippen LogP contribution in [0.2, 0.25) is 0 Å². The average molecular weight is 364 g/mol. The molecular weight excluding hydrogens is 345 g/mol. The molecule has 0 saturated carbocycles. The molecule has 0 fully saturated rings. The molecule has 0 bridgehead atoms. The number of halogens is 3. The van der Waals surface area contributed by atoms with Crippen LogP contribution in [0.5, 0.6) is 5.75 Å². The molecule has 25 heavy (non-hydrogen) atoms. The first-order chi connectivity index (χ1) is 11.3. The summed E-state index contributed by atoms with van der Waals surface area (Å²) in [4.78, 5) is 22.8. The van der Waals surface area contributed by atoms with Gasteiger partial charge in [-0.2, -0.15) is 13.2 Å². The predicted octanol–water partition coefficient (Wildman–Crippen LogP) is 2.64. The van der Waals surface area contributed by atoms with Crippen molar-refractivity contribution in [2.45, 2.75) is 38.6 Å². The minimum atomic E-state index is -4.73. The fourth-order valence-corrected chi connectivity index (χ4v) is 1.73. The number of carboxylic acids is 1. The van der Waals surface area contributed by atoms with Crippen LogP contribution in [-0.4, -0.2) is 35.4 Å². The SMILES string of the molecule is CC(C)(C)OC(=O)NC(COc1c(N)cccc1C(F)(F)F)C(=O)O. The van der Waals surface area contributed by atoms with E-state index in [4.69, 9.17) is 20.3 Å². The van der Waals surface area contributed by atoms with Crippen molar-refractivity contribution < 1.29 is 37.3 Å². The van der Waals surface area contributed by atoms with E-state index in [9.17, 15) is 22.8 Å². The summed E-state index contributed by atoms with van der Waals surface area (Å²) in [6.45, 7) is 3.93. The van der Waals surface area contributed by atoms with Crippen LogP contribution in [-0.2, 0) is 15.7 Å². The largest absolute Gasteiger partial charge is 0.488 e. The number of aliphatic carboxylic acids is 1. The molecule has 1 rings (SSSR count). The Bertz CT molecular complexity index is 641. The van der Waals surface area contributed by atoms with Crippen LogP contribution in [0.1, 0.15) is 26.3 Å². The highest BCUT2D eigenvalue weighted by atomic mass is 19.4. The summed E-state index contributed by atoms with van der Waals surface area (Å²) in [5.74, 6) is -2.21. The Labute approximate surface area is 141 Å².